The summed E-state index contributed by atoms with van der Waals surface area (Å²) in [6.07, 6.45) is 3.24. The molecular weight excluding hydrogens is 375 g/mol. The van der Waals surface area contributed by atoms with E-state index in [0.717, 1.165) is 22.1 Å². The number of nitrogens with zero attached hydrogens (tertiary/aromatic N) is 2. The van der Waals surface area contributed by atoms with Crippen molar-refractivity contribution in [2.45, 2.75) is 0 Å². The summed E-state index contributed by atoms with van der Waals surface area (Å²) < 4.78 is 0. The molecule has 0 saturated carbocycles. The second kappa shape index (κ2) is 8.84. The SMILES string of the molecule is Cl.Cl.N=C(N)c1ccc2nc[nH]c2c1.N=C(N)c1ccc2nc[nH]c2c1. The van der Waals surface area contributed by atoms with E-state index < -0.39 is 0 Å². The van der Waals surface area contributed by atoms with E-state index >= 15 is 0 Å². The van der Waals surface area contributed by atoms with Crippen LogP contribution in [0.5, 0.6) is 0 Å². The average Bonchev–Trinajstić information content (AvgIpc) is 3.22. The number of fused-ring (bicyclic) bond motifs is 2. The van der Waals surface area contributed by atoms with Gasteiger partial charge in [0.1, 0.15) is 11.7 Å². The second-order valence-electron chi connectivity index (χ2n) is 5.10. The molecule has 0 atom stereocenters. The first-order valence-electron chi connectivity index (χ1n) is 7.09. The molecule has 0 aliphatic carbocycles. The molecule has 0 bridgehead atoms. The van der Waals surface area contributed by atoms with Crippen LogP contribution in [0, 0.1) is 10.8 Å². The number of aromatic amines is 2. The first kappa shape index (κ1) is 20.9. The van der Waals surface area contributed by atoms with Crippen molar-refractivity contribution in [2.24, 2.45) is 11.5 Å². The van der Waals surface area contributed by atoms with Gasteiger partial charge in [-0.3, -0.25) is 10.8 Å². The molecule has 0 unspecified atom stereocenters. The van der Waals surface area contributed by atoms with Crippen molar-refractivity contribution in [3.63, 3.8) is 0 Å². The molecule has 26 heavy (non-hydrogen) atoms. The highest BCUT2D eigenvalue weighted by Gasteiger charge is 2.00. The van der Waals surface area contributed by atoms with E-state index in [1.54, 1.807) is 24.8 Å². The molecule has 4 rings (SSSR count). The monoisotopic (exact) mass is 392 g/mol. The van der Waals surface area contributed by atoms with Crippen molar-refractivity contribution in [3.8, 4) is 0 Å². The number of imidazole rings is 2. The van der Waals surface area contributed by atoms with Gasteiger partial charge in [0.15, 0.2) is 0 Å². The fourth-order valence-electron chi connectivity index (χ4n) is 2.21. The lowest BCUT2D eigenvalue weighted by Crippen LogP contribution is -2.10. The van der Waals surface area contributed by atoms with Crippen LogP contribution < -0.4 is 11.5 Å². The number of halogens is 2. The largest absolute Gasteiger partial charge is 0.384 e. The van der Waals surface area contributed by atoms with Crippen LogP contribution in [0.15, 0.2) is 49.1 Å². The van der Waals surface area contributed by atoms with E-state index in [4.69, 9.17) is 22.3 Å². The Morgan fingerprint density at radius 1 is 0.731 bits per heavy atom. The predicted octanol–water partition coefficient (Wildman–Crippen LogP) is 2.54. The fraction of sp³-hybridized carbons (Fsp3) is 0. The third-order valence-corrected chi connectivity index (χ3v) is 3.46. The number of amidine groups is 2. The molecule has 0 fully saturated rings. The summed E-state index contributed by atoms with van der Waals surface area (Å²) in [5.74, 6) is 0.151. The van der Waals surface area contributed by atoms with Gasteiger partial charge in [-0.05, 0) is 36.4 Å². The van der Waals surface area contributed by atoms with Crippen molar-refractivity contribution in [2.75, 3.05) is 0 Å². The zero-order valence-electron chi connectivity index (χ0n) is 13.5. The molecule has 0 radical (unpaired) electrons. The van der Waals surface area contributed by atoms with E-state index in [1.807, 2.05) is 24.3 Å². The van der Waals surface area contributed by atoms with Gasteiger partial charge >= 0.3 is 0 Å². The molecule has 0 aliphatic heterocycles. The summed E-state index contributed by atoms with van der Waals surface area (Å²) in [7, 11) is 0. The van der Waals surface area contributed by atoms with Crippen LogP contribution in [-0.2, 0) is 0 Å². The van der Waals surface area contributed by atoms with Crippen LogP contribution in [0.1, 0.15) is 11.1 Å². The van der Waals surface area contributed by atoms with Crippen LogP contribution in [0.3, 0.4) is 0 Å². The highest BCUT2D eigenvalue weighted by molar-refractivity contribution is 5.98. The number of H-pyrrole nitrogens is 2. The maximum absolute atomic E-state index is 7.21. The third kappa shape index (κ3) is 4.50. The van der Waals surface area contributed by atoms with Gasteiger partial charge in [0, 0.05) is 11.1 Å². The Hall–Kier alpha value is -3.10. The molecule has 0 spiro atoms. The van der Waals surface area contributed by atoms with E-state index in [1.165, 1.54) is 0 Å². The predicted molar refractivity (Wildman–Crippen MR) is 109 cm³/mol. The molecule has 0 amide bonds. The van der Waals surface area contributed by atoms with Crippen molar-refractivity contribution in [1.82, 2.24) is 19.9 Å². The first-order valence-corrected chi connectivity index (χ1v) is 7.09. The van der Waals surface area contributed by atoms with Gasteiger partial charge in [-0.2, -0.15) is 0 Å². The van der Waals surface area contributed by atoms with Crippen LogP contribution >= 0.6 is 24.8 Å². The Kier molecular flexibility index (Phi) is 7.12. The molecule has 136 valence electrons. The van der Waals surface area contributed by atoms with E-state index in [-0.39, 0.29) is 36.5 Å². The van der Waals surface area contributed by atoms with Crippen molar-refractivity contribution in [1.29, 1.82) is 10.8 Å². The van der Waals surface area contributed by atoms with Gasteiger partial charge in [0.2, 0.25) is 0 Å². The lowest BCUT2D eigenvalue weighted by atomic mass is 10.2. The summed E-state index contributed by atoms with van der Waals surface area (Å²) in [6, 6.07) is 10.9. The minimum Gasteiger partial charge on any atom is -0.384 e. The van der Waals surface area contributed by atoms with Crippen LogP contribution in [0.2, 0.25) is 0 Å². The lowest BCUT2D eigenvalue weighted by molar-refractivity contribution is 1.34. The van der Waals surface area contributed by atoms with Gasteiger partial charge in [0.25, 0.3) is 0 Å². The Labute approximate surface area is 161 Å². The number of hydrogen-bond donors (Lipinski definition) is 6. The molecule has 2 aromatic carbocycles. The summed E-state index contributed by atoms with van der Waals surface area (Å²) >= 11 is 0. The number of nitrogens with one attached hydrogen (secondary N) is 4. The number of aromatic nitrogens is 4. The highest BCUT2D eigenvalue weighted by atomic mass is 35.5. The third-order valence-electron chi connectivity index (χ3n) is 3.46. The van der Waals surface area contributed by atoms with Gasteiger partial charge in [-0.15, -0.1) is 24.8 Å². The summed E-state index contributed by atoms with van der Waals surface area (Å²) in [4.78, 5) is 14.0. The van der Waals surface area contributed by atoms with Crippen LogP contribution in [0.4, 0.5) is 0 Å². The van der Waals surface area contributed by atoms with Crippen molar-refractivity contribution >= 4 is 58.6 Å². The smallest absolute Gasteiger partial charge is 0.122 e. The Bertz CT molecular complexity index is 953. The van der Waals surface area contributed by atoms with Crippen LogP contribution in [-0.4, -0.2) is 31.6 Å². The number of rotatable bonds is 2. The summed E-state index contributed by atoms with van der Waals surface area (Å²) in [5, 5.41) is 14.4. The summed E-state index contributed by atoms with van der Waals surface area (Å²) in [6.45, 7) is 0. The second-order valence-corrected chi connectivity index (χ2v) is 5.10. The topological polar surface area (TPSA) is 157 Å². The molecule has 10 heteroatoms. The molecule has 0 aliphatic rings. The number of hydrogen-bond acceptors (Lipinski definition) is 4. The normalized spacial score (nSPS) is 9.54. The van der Waals surface area contributed by atoms with Crippen LogP contribution in [0.25, 0.3) is 22.1 Å². The lowest BCUT2D eigenvalue weighted by Gasteiger charge is -1.96. The van der Waals surface area contributed by atoms with Gasteiger partial charge in [-0.1, -0.05) is 0 Å². The highest BCUT2D eigenvalue weighted by Crippen LogP contribution is 2.11. The molecule has 2 heterocycles. The zero-order chi connectivity index (χ0) is 17.1. The van der Waals surface area contributed by atoms with Gasteiger partial charge in [0.05, 0.1) is 34.7 Å². The maximum Gasteiger partial charge on any atom is 0.122 e. The standard InChI is InChI=1S/2C8H8N4.2ClH/c2*9-8(10)5-1-2-6-7(3-5)12-4-11-6;;/h2*1-4H,(H3,9,10)(H,11,12);2*1H. The molecule has 8 N–H and O–H groups in total. The molecule has 0 saturated heterocycles. The Morgan fingerprint density at radius 2 is 1.12 bits per heavy atom. The number of nitrogen functional groups attached to an aromatic ring is 2. The zero-order valence-corrected chi connectivity index (χ0v) is 15.1. The van der Waals surface area contributed by atoms with E-state index in [0.29, 0.717) is 11.1 Å². The minimum absolute atomic E-state index is 0. The summed E-state index contributed by atoms with van der Waals surface area (Å²) in [5.41, 5.74) is 15.7. The first-order chi connectivity index (χ1) is 11.5. The molecule has 8 nitrogen and oxygen atoms in total. The van der Waals surface area contributed by atoms with Gasteiger partial charge < -0.3 is 21.4 Å². The molecule has 4 aromatic rings. The van der Waals surface area contributed by atoms with Gasteiger partial charge in [-0.25, -0.2) is 9.97 Å². The minimum atomic E-state index is 0. The van der Waals surface area contributed by atoms with Crippen molar-refractivity contribution in [3.05, 3.63) is 60.2 Å². The fourth-order valence-corrected chi connectivity index (χ4v) is 2.21. The van der Waals surface area contributed by atoms with Crippen molar-refractivity contribution < 1.29 is 0 Å². The number of nitrogens with two attached hydrogens (primary N) is 2. The quantitative estimate of drug-likeness (QED) is 0.228. The Balaban J connectivity index is 0.000000241. The number of benzene rings is 2. The molecule has 2 aromatic heterocycles. The maximum atomic E-state index is 7.21. The average molecular weight is 393 g/mol. The Morgan fingerprint density at radius 3 is 1.46 bits per heavy atom. The van der Waals surface area contributed by atoms with E-state index in [9.17, 15) is 0 Å². The van der Waals surface area contributed by atoms with E-state index in [2.05, 4.69) is 19.9 Å². The molecular formula is C16H18Cl2N8.